The highest BCUT2D eigenvalue weighted by Gasteiger charge is 2.29. The molecule has 0 atom stereocenters. The Morgan fingerprint density at radius 1 is 0.880 bits per heavy atom. The molecule has 25 heavy (non-hydrogen) atoms. The molecule has 0 aliphatic carbocycles. The molecule has 3 rings (SSSR count). The maximum atomic E-state index is 12.8. The zero-order chi connectivity index (χ0) is 18.2. The van der Waals surface area contributed by atoms with Crippen LogP contribution < -0.4 is 4.90 Å². The number of halogens is 2. The SMILES string of the molecule is Cc1cccc(C)c1N1CCN(S(=O)(=O)c2ccc(Cl)c(Cl)c2)CC1. The molecule has 1 aliphatic rings. The van der Waals surface area contributed by atoms with Gasteiger partial charge in [-0.15, -0.1) is 0 Å². The lowest BCUT2D eigenvalue weighted by Crippen LogP contribution is -2.49. The van der Waals surface area contributed by atoms with Crippen LogP contribution in [0.3, 0.4) is 0 Å². The predicted molar refractivity (Wildman–Crippen MR) is 103 cm³/mol. The summed E-state index contributed by atoms with van der Waals surface area (Å²) in [7, 11) is -3.56. The lowest BCUT2D eigenvalue weighted by atomic mass is 10.1. The Bertz CT molecular complexity index is 872. The first-order chi connectivity index (χ1) is 11.8. The Kier molecular flexibility index (Phi) is 5.30. The van der Waals surface area contributed by atoms with Gasteiger partial charge in [-0.25, -0.2) is 8.42 Å². The molecule has 4 nitrogen and oxygen atoms in total. The van der Waals surface area contributed by atoms with Crippen molar-refractivity contribution < 1.29 is 8.42 Å². The number of aryl methyl sites for hydroxylation is 2. The first-order valence-electron chi connectivity index (χ1n) is 8.07. The van der Waals surface area contributed by atoms with Crippen LogP contribution >= 0.6 is 23.2 Å². The summed E-state index contributed by atoms with van der Waals surface area (Å²) in [6.45, 7) is 6.37. The number of para-hydroxylation sites is 1. The molecule has 2 aromatic carbocycles. The van der Waals surface area contributed by atoms with Crippen molar-refractivity contribution in [1.29, 1.82) is 0 Å². The highest BCUT2D eigenvalue weighted by Crippen LogP contribution is 2.29. The molecule has 7 heteroatoms. The number of benzene rings is 2. The van der Waals surface area contributed by atoms with Gasteiger partial charge in [0.05, 0.1) is 14.9 Å². The van der Waals surface area contributed by atoms with E-state index in [-0.39, 0.29) is 9.92 Å². The van der Waals surface area contributed by atoms with E-state index in [0.29, 0.717) is 31.2 Å². The third kappa shape index (κ3) is 3.65. The van der Waals surface area contributed by atoms with Crippen molar-refractivity contribution in [2.24, 2.45) is 0 Å². The van der Waals surface area contributed by atoms with Crippen molar-refractivity contribution in [2.75, 3.05) is 31.1 Å². The number of sulfonamides is 1. The summed E-state index contributed by atoms with van der Waals surface area (Å²) >= 11 is 11.9. The van der Waals surface area contributed by atoms with E-state index >= 15 is 0 Å². The third-order valence-corrected chi connectivity index (χ3v) is 7.16. The van der Waals surface area contributed by atoms with E-state index in [0.717, 1.165) is 0 Å². The molecule has 2 aromatic rings. The summed E-state index contributed by atoms with van der Waals surface area (Å²) in [6, 6.07) is 10.6. The van der Waals surface area contributed by atoms with Crippen molar-refractivity contribution in [2.45, 2.75) is 18.7 Å². The second kappa shape index (κ2) is 7.16. The van der Waals surface area contributed by atoms with E-state index in [1.165, 1.54) is 39.3 Å². The Labute approximate surface area is 159 Å². The largest absolute Gasteiger partial charge is 0.368 e. The van der Waals surface area contributed by atoms with Crippen molar-refractivity contribution >= 4 is 38.9 Å². The topological polar surface area (TPSA) is 40.6 Å². The summed E-state index contributed by atoms with van der Waals surface area (Å²) < 4.78 is 27.2. The van der Waals surface area contributed by atoms with Gasteiger partial charge in [0.25, 0.3) is 0 Å². The van der Waals surface area contributed by atoms with Crippen LogP contribution in [0.1, 0.15) is 11.1 Å². The predicted octanol–water partition coefficient (Wildman–Crippen LogP) is 4.12. The monoisotopic (exact) mass is 398 g/mol. The van der Waals surface area contributed by atoms with E-state index in [1.54, 1.807) is 0 Å². The lowest BCUT2D eigenvalue weighted by molar-refractivity contribution is 0.384. The molecular weight excluding hydrogens is 379 g/mol. The van der Waals surface area contributed by atoms with Gasteiger partial charge in [0.1, 0.15) is 0 Å². The lowest BCUT2D eigenvalue weighted by Gasteiger charge is -2.37. The van der Waals surface area contributed by atoms with Crippen molar-refractivity contribution in [1.82, 2.24) is 4.31 Å². The number of hydrogen-bond acceptors (Lipinski definition) is 3. The van der Waals surface area contributed by atoms with E-state index in [9.17, 15) is 8.42 Å². The van der Waals surface area contributed by atoms with Crippen molar-refractivity contribution in [3.8, 4) is 0 Å². The second-order valence-electron chi connectivity index (χ2n) is 6.21. The van der Waals surface area contributed by atoms with Gasteiger partial charge >= 0.3 is 0 Å². The zero-order valence-corrected chi connectivity index (χ0v) is 16.5. The van der Waals surface area contributed by atoms with E-state index in [4.69, 9.17) is 23.2 Å². The normalized spacial score (nSPS) is 16.2. The molecule has 1 saturated heterocycles. The minimum atomic E-state index is -3.56. The number of hydrogen-bond donors (Lipinski definition) is 0. The van der Waals surface area contributed by atoms with Gasteiger partial charge in [-0.3, -0.25) is 0 Å². The third-order valence-electron chi connectivity index (χ3n) is 4.52. The molecule has 0 saturated carbocycles. The molecule has 0 aromatic heterocycles. The smallest absolute Gasteiger partial charge is 0.243 e. The minimum absolute atomic E-state index is 0.183. The van der Waals surface area contributed by atoms with Crippen LogP contribution in [0.15, 0.2) is 41.3 Å². The number of anilines is 1. The van der Waals surface area contributed by atoms with Crippen LogP contribution in [0, 0.1) is 13.8 Å². The van der Waals surface area contributed by atoms with Crippen molar-refractivity contribution in [3.63, 3.8) is 0 Å². The van der Waals surface area contributed by atoms with Crippen LogP contribution in [0.2, 0.25) is 10.0 Å². The molecule has 1 aliphatic heterocycles. The first kappa shape index (κ1) is 18.5. The first-order valence-corrected chi connectivity index (χ1v) is 10.3. The van der Waals surface area contributed by atoms with Gasteiger partial charge in [-0.05, 0) is 43.2 Å². The quantitative estimate of drug-likeness (QED) is 0.780. The summed E-state index contributed by atoms with van der Waals surface area (Å²) in [6.07, 6.45) is 0. The number of rotatable bonds is 3. The van der Waals surface area contributed by atoms with Crippen molar-refractivity contribution in [3.05, 3.63) is 57.6 Å². The maximum Gasteiger partial charge on any atom is 0.243 e. The molecule has 1 heterocycles. The Morgan fingerprint density at radius 2 is 1.48 bits per heavy atom. The molecule has 0 radical (unpaired) electrons. The molecule has 0 unspecified atom stereocenters. The highest BCUT2D eigenvalue weighted by atomic mass is 35.5. The Hall–Kier alpha value is -1.27. The average molecular weight is 399 g/mol. The molecule has 0 amide bonds. The maximum absolute atomic E-state index is 12.8. The second-order valence-corrected chi connectivity index (χ2v) is 8.96. The van der Waals surface area contributed by atoms with E-state index in [2.05, 4.69) is 30.9 Å². The molecular formula is C18H20Cl2N2O2S. The van der Waals surface area contributed by atoms with E-state index in [1.807, 2.05) is 6.07 Å². The zero-order valence-electron chi connectivity index (χ0n) is 14.2. The fourth-order valence-corrected chi connectivity index (χ4v) is 5.05. The molecule has 0 spiro atoms. The fraction of sp³-hybridized carbons (Fsp3) is 0.333. The Balaban J connectivity index is 1.78. The van der Waals surface area contributed by atoms with Crippen LogP contribution in [0.25, 0.3) is 0 Å². The standard InChI is InChI=1S/C18H20Cl2N2O2S/c1-13-4-3-5-14(2)18(13)21-8-10-22(11-9-21)25(23,24)15-6-7-16(19)17(20)12-15/h3-7,12H,8-11H2,1-2H3. The van der Waals surface area contributed by atoms with E-state index < -0.39 is 10.0 Å². The molecule has 0 N–H and O–H groups in total. The molecule has 1 fully saturated rings. The highest BCUT2D eigenvalue weighted by molar-refractivity contribution is 7.89. The molecule has 134 valence electrons. The van der Waals surface area contributed by atoms with Crippen LogP contribution in [-0.2, 0) is 10.0 Å². The summed E-state index contributed by atoms with van der Waals surface area (Å²) in [5, 5.41) is 0.595. The van der Waals surface area contributed by atoms with Gasteiger partial charge < -0.3 is 4.90 Å². The molecule has 0 bridgehead atoms. The summed E-state index contributed by atoms with van der Waals surface area (Å²) in [5.74, 6) is 0. The average Bonchev–Trinajstić information content (AvgIpc) is 2.57. The van der Waals surface area contributed by atoms with Gasteiger partial charge in [0.2, 0.25) is 10.0 Å². The van der Waals surface area contributed by atoms with Gasteiger partial charge in [0.15, 0.2) is 0 Å². The Morgan fingerprint density at radius 3 is 2.04 bits per heavy atom. The van der Waals surface area contributed by atoms with Crippen LogP contribution in [-0.4, -0.2) is 38.9 Å². The number of piperazine rings is 1. The minimum Gasteiger partial charge on any atom is -0.368 e. The summed E-state index contributed by atoms with van der Waals surface area (Å²) in [4.78, 5) is 2.44. The van der Waals surface area contributed by atoms with Crippen LogP contribution in [0.5, 0.6) is 0 Å². The summed E-state index contributed by atoms with van der Waals surface area (Å²) in [5.41, 5.74) is 3.62. The fourth-order valence-electron chi connectivity index (χ4n) is 3.24. The van der Waals surface area contributed by atoms with Gasteiger partial charge in [-0.1, -0.05) is 41.4 Å². The number of nitrogens with zero attached hydrogens (tertiary/aromatic N) is 2. The van der Waals surface area contributed by atoms with Crippen LogP contribution in [0.4, 0.5) is 5.69 Å². The van der Waals surface area contributed by atoms with Gasteiger partial charge in [0, 0.05) is 31.9 Å². The van der Waals surface area contributed by atoms with Gasteiger partial charge in [-0.2, -0.15) is 4.31 Å².